The van der Waals surface area contributed by atoms with Gasteiger partial charge in [0.15, 0.2) is 0 Å². The van der Waals surface area contributed by atoms with Gasteiger partial charge in [-0.2, -0.15) is 0 Å². The zero-order chi connectivity index (χ0) is 12.7. The lowest BCUT2D eigenvalue weighted by Gasteiger charge is -1.99. The smallest absolute Gasteiger partial charge is 0.142 e. The Balaban J connectivity index is 2.27. The molecule has 3 rings (SSSR count). The van der Waals surface area contributed by atoms with E-state index >= 15 is 0 Å². The number of hydrogen-bond donors (Lipinski definition) is 0. The number of pyridine rings is 2. The molecule has 0 aliphatic carbocycles. The van der Waals surface area contributed by atoms with Crippen LogP contribution in [0.3, 0.4) is 0 Å². The fourth-order valence-electron chi connectivity index (χ4n) is 1.96. The highest BCUT2D eigenvalue weighted by Crippen LogP contribution is 2.23. The van der Waals surface area contributed by atoms with Crippen molar-refractivity contribution in [1.29, 1.82) is 0 Å². The summed E-state index contributed by atoms with van der Waals surface area (Å²) in [6, 6.07) is 4.05. The van der Waals surface area contributed by atoms with Crippen LogP contribution < -0.4 is 0 Å². The molecule has 0 aliphatic rings. The molecule has 0 aromatic carbocycles. The van der Waals surface area contributed by atoms with Gasteiger partial charge in [0.1, 0.15) is 17.3 Å². The first-order valence-electron chi connectivity index (χ1n) is 5.40. The standard InChI is InChI=1S/C13H9F2N3/c1-8-13(9-4-11(15)7-16-6-9)17-12-5-10(14)2-3-18(8)12/h2-7H,1H3. The maximum Gasteiger partial charge on any atom is 0.142 e. The Hall–Kier alpha value is -2.30. The number of rotatable bonds is 1. The summed E-state index contributed by atoms with van der Waals surface area (Å²) in [6.45, 7) is 1.85. The molecule has 3 aromatic rings. The van der Waals surface area contributed by atoms with Crippen molar-refractivity contribution in [1.82, 2.24) is 14.4 Å². The Bertz CT molecular complexity index is 734. The largest absolute Gasteiger partial charge is 0.304 e. The monoisotopic (exact) mass is 245 g/mol. The number of imidazole rings is 1. The molecule has 0 amide bonds. The molecule has 0 N–H and O–H groups in total. The van der Waals surface area contributed by atoms with E-state index < -0.39 is 5.82 Å². The number of halogens is 2. The Kier molecular flexibility index (Phi) is 2.33. The molecule has 0 atom stereocenters. The van der Waals surface area contributed by atoms with Crippen LogP contribution in [-0.2, 0) is 0 Å². The predicted octanol–water partition coefficient (Wildman–Crippen LogP) is 2.98. The van der Waals surface area contributed by atoms with Gasteiger partial charge in [-0.1, -0.05) is 0 Å². The van der Waals surface area contributed by atoms with Gasteiger partial charge < -0.3 is 4.40 Å². The molecule has 0 bridgehead atoms. The third-order valence-electron chi connectivity index (χ3n) is 2.81. The Labute approximate surface area is 102 Å². The molecule has 5 heteroatoms. The predicted molar refractivity (Wildman–Crippen MR) is 63.1 cm³/mol. The number of nitrogens with zero attached hydrogens (tertiary/aromatic N) is 3. The summed E-state index contributed by atoms with van der Waals surface area (Å²) in [5.41, 5.74) is 2.49. The third-order valence-corrected chi connectivity index (χ3v) is 2.81. The number of aromatic nitrogens is 3. The van der Waals surface area contributed by atoms with Crippen molar-refractivity contribution >= 4 is 5.65 Å². The topological polar surface area (TPSA) is 30.2 Å². The first kappa shape index (κ1) is 10.8. The van der Waals surface area contributed by atoms with Gasteiger partial charge >= 0.3 is 0 Å². The Morgan fingerprint density at radius 1 is 1.11 bits per heavy atom. The lowest BCUT2D eigenvalue weighted by molar-refractivity contribution is 0.622. The van der Waals surface area contributed by atoms with Crippen LogP contribution in [0, 0.1) is 18.6 Å². The average molecular weight is 245 g/mol. The minimum absolute atomic E-state index is 0.351. The van der Waals surface area contributed by atoms with Gasteiger partial charge in [-0.05, 0) is 19.1 Å². The maximum absolute atomic E-state index is 13.1. The van der Waals surface area contributed by atoms with Crippen LogP contribution in [-0.4, -0.2) is 14.4 Å². The normalized spacial score (nSPS) is 11.1. The highest BCUT2D eigenvalue weighted by atomic mass is 19.1. The highest BCUT2D eigenvalue weighted by Gasteiger charge is 2.11. The van der Waals surface area contributed by atoms with E-state index in [1.807, 2.05) is 6.92 Å². The van der Waals surface area contributed by atoms with E-state index in [0.29, 0.717) is 16.9 Å². The molecule has 0 unspecified atom stereocenters. The number of hydrogen-bond acceptors (Lipinski definition) is 2. The summed E-state index contributed by atoms with van der Waals surface area (Å²) in [5.74, 6) is -0.772. The first-order chi connectivity index (χ1) is 8.65. The van der Waals surface area contributed by atoms with E-state index in [0.717, 1.165) is 11.9 Å². The summed E-state index contributed by atoms with van der Waals surface area (Å²) in [6.07, 6.45) is 4.27. The molecule has 3 nitrogen and oxygen atoms in total. The van der Waals surface area contributed by atoms with Crippen molar-refractivity contribution in [2.24, 2.45) is 0 Å². The molecule has 3 aromatic heterocycles. The molecule has 0 fully saturated rings. The SMILES string of the molecule is Cc1c(-c2cncc(F)c2)nc2cc(F)ccn12. The fourth-order valence-corrected chi connectivity index (χ4v) is 1.96. The quantitative estimate of drug-likeness (QED) is 0.659. The van der Waals surface area contributed by atoms with Crippen molar-refractivity contribution in [3.63, 3.8) is 0 Å². The van der Waals surface area contributed by atoms with E-state index in [2.05, 4.69) is 9.97 Å². The maximum atomic E-state index is 13.1. The molecule has 0 aliphatic heterocycles. The second-order valence-electron chi connectivity index (χ2n) is 4.01. The van der Waals surface area contributed by atoms with Gasteiger partial charge in [-0.25, -0.2) is 13.8 Å². The minimum atomic E-state index is -0.421. The average Bonchev–Trinajstić information content (AvgIpc) is 2.66. The molecular formula is C13H9F2N3. The Morgan fingerprint density at radius 3 is 2.72 bits per heavy atom. The van der Waals surface area contributed by atoms with Crippen molar-refractivity contribution in [2.75, 3.05) is 0 Å². The van der Waals surface area contributed by atoms with E-state index in [1.54, 1.807) is 10.6 Å². The van der Waals surface area contributed by atoms with E-state index in [4.69, 9.17) is 0 Å². The van der Waals surface area contributed by atoms with Crippen LogP contribution in [0.25, 0.3) is 16.9 Å². The van der Waals surface area contributed by atoms with Crippen LogP contribution >= 0.6 is 0 Å². The second kappa shape index (κ2) is 3.87. The summed E-state index contributed by atoms with van der Waals surface area (Å²) in [5, 5.41) is 0. The van der Waals surface area contributed by atoms with E-state index in [1.165, 1.54) is 24.4 Å². The molecule has 0 radical (unpaired) electrons. The molecule has 18 heavy (non-hydrogen) atoms. The van der Waals surface area contributed by atoms with Crippen molar-refractivity contribution in [3.05, 3.63) is 54.1 Å². The molecular weight excluding hydrogens is 236 g/mol. The molecule has 90 valence electrons. The van der Waals surface area contributed by atoms with Gasteiger partial charge in [-0.3, -0.25) is 4.98 Å². The third kappa shape index (κ3) is 1.64. The Morgan fingerprint density at radius 2 is 1.94 bits per heavy atom. The summed E-state index contributed by atoms with van der Waals surface area (Å²) in [7, 11) is 0. The zero-order valence-electron chi connectivity index (χ0n) is 9.56. The van der Waals surface area contributed by atoms with Crippen molar-refractivity contribution < 1.29 is 8.78 Å². The van der Waals surface area contributed by atoms with Gasteiger partial charge in [0.05, 0.1) is 11.9 Å². The van der Waals surface area contributed by atoms with Gasteiger partial charge in [-0.15, -0.1) is 0 Å². The van der Waals surface area contributed by atoms with Crippen molar-refractivity contribution in [2.45, 2.75) is 6.92 Å². The number of aryl methyl sites for hydroxylation is 1. The summed E-state index contributed by atoms with van der Waals surface area (Å²) >= 11 is 0. The van der Waals surface area contributed by atoms with Crippen LogP contribution in [0.2, 0.25) is 0 Å². The van der Waals surface area contributed by atoms with Gasteiger partial charge in [0.2, 0.25) is 0 Å². The van der Waals surface area contributed by atoms with Crippen LogP contribution in [0.4, 0.5) is 8.78 Å². The molecule has 0 spiro atoms. The van der Waals surface area contributed by atoms with Crippen LogP contribution in [0.15, 0.2) is 36.8 Å². The minimum Gasteiger partial charge on any atom is -0.304 e. The lowest BCUT2D eigenvalue weighted by Crippen LogP contribution is -1.88. The first-order valence-corrected chi connectivity index (χ1v) is 5.40. The van der Waals surface area contributed by atoms with Gasteiger partial charge in [0, 0.05) is 29.7 Å². The summed E-state index contributed by atoms with van der Waals surface area (Å²) in [4.78, 5) is 8.09. The van der Waals surface area contributed by atoms with Crippen LogP contribution in [0.1, 0.15) is 5.69 Å². The highest BCUT2D eigenvalue weighted by molar-refractivity contribution is 5.65. The number of fused-ring (bicyclic) bond motifs is 1. The summed E-state index contributed by atoms with van der Waals surface area (Å²) < 4.78 is 28.0. The lowest BCUT2D eigenvalue weighted by atomic mass is 10.2. The van der Waals surface area contributed by atoms with Crippen LogP contribution in [0.5, 0.6) is 0 Å². The van der Waals surface area contributed by atoms with E-state index in [9.17, 15) is 8.78 Å². The molecule has 0 saturated heterocycles. The molecule has 0 saturated carbocycles. The second-order valence-corrected chi connectivity index (χ2v) is 4.01. The fraction of sp³-hybridized carbons (Fsp3) is 0.0769. The van der Waals surface area contributed by atoms with Crippen molar-refractivity contribution in [3.8, 4) is 11.3 Å². The van der Waals surface area contributed by atoms with E-state index in [-0.39, 0.29) is 5.82 Å². The zero-order valence-corrected chi connectivity index (χ0v) is 9.56. The molecule has 3 heterocycles. The van der Waals surface area contributed by atoms with Gasteiger partial charge in [0.25, 0.3) is 0 Å².